The Balaban J connectivity index is 1.65. The van der Waals surface area contributed by atoms with Crippen LogP contribution in [-0.2, 0) is 9.59 Å². The zero-order valence-electron chi connectivity index (χ0n) is 12.4. The van der Waals surface area contributed by atoms with Gasteiger partial charge in [0.2, 0.25) is 0 Å². The summed E-state index contributed by atoms with van der Waals surface area (Å²) in [5.74, 6) is 3.66. The van der Waals surface area contributed by atoms with Crippen LogP contribution >= 0.6 is 0 Å². The maximum atomic E-state index is 12.3. The van der Waals surface area contributed by atoms with Crippen molar-refractivity contribution in [1.82, 2.24) is 0 Å². The van der Waals surface area contributed by atoms with Gasteiger partial charge in [0, 0.05) is 18.3 Å². The number of hydrogen-bond donors (Lipinski definition) is 0. The molecule has 2 nitrogen and oxygen atoms in total. The van der Waals surface area contributed by atoms with Crippen LogP contribution in [-0.4, -0.2) is 11.6 Å². The van der Waals surface area contributed by atoms with Gasteiger partial charge in [-0.3, -0.25) is 9.59 Å². The highest BCUT2D eigenvalue weighted by Crippen LogP contribution is 2.60. The molecule has 0 aromatic heterocycles. The smallest absolute Gasteiger partial charge is 0.155 e. The lowest BCUT2D eigenvalue weighted by Crippen LogP contribution is -2.46. The molecule has 0 saturated heterocycles. The van der Waals surface area contributed by atoms with Crippen LogP contribution < -0.4 is 0 Å². The van der Waals surface area contributed by atoms with E-state index in [1.807, 2.05) is 6.08 Å². The van der Waals surface area contributed by atoms with Gasteiger partial charge in [-0.1, -0.05) is 12.5 Å². The van der Waals surface area contributed by atoms with E-state index in [4.69, 9.17) is 0 Å². The number of hydrogen-bond acceptors (Lipinski definition) is 2. The molecule has 3 saturated carbocycles. The molecule has 4 aliphatic carbocycles. The number of fused-ring (bicyclic) bond motifs is 5. The van der Waals surface area contributed by atoms with Gasteiger partial charge in [0.1, 0.15) is 5.78 Å². The summed E-state index contributed by atoms with van der Waals surface area (Å²) in [6.45, 7) is 2.24. The number of allylic oxidation sites excluding steroid dienone is 1. The Morgan fingerprint density at radius 3 is 2.70 bits per heavy atom. The van der Waals surface area contributed by atoms with Crippen LogP contribution in [0.1, 0.15) is 58.3 Å². The summed E-state index contributed by atoms with van der Waals surface area (Å²) in [6, 6.07) is 0. The second-order valence-corrected chi connectivity index (χ2v) is 7.72. The minimum Gasteiger partial charge on any atom is -0.299 e. The molecule has 0 aliphatic heterocycles. The number of carbonyl (C=O) groups is 2. The second kappa shape index (κ2) is 4.29. The van der Waals surface area contributed by atoms with E-state index >= 15 is 0 Å². The summed E-state index contributed by atoms with van der Waals surface area (Å²) >= 11 is 0. The SMILES string of the molecule is C[C@]12CC[C@@H]3[C@H](CCC4=CC(=O)CC[C@H]43)[C@@H]1CCC2=O. The molecule has 0 radical (unpaired) electrons. The van der Waals surface area contributed by atoms with Crippen LogP contribution in [0.25, 0.3) is 0 Å². The van der Waals surface area contributed by atoms with E-state index < -0.39 is 0 Å². The van der Waals surface area contributed by atoms with Gasteiger partial charge in [0.25, 0.3) is 0 Å². The van der Waals surface area contributed by atoms with Gasteiger partial charge in [-0.2, -0.15) is 0 Å². The van der Waals surface area contributed by atoms with Crippen LogP contribution in [0.5, 0.6) is 0 Å². The molecule has 0 aromatic rings. The van der Waals surface area contributed by atoms with E-state index in [1.54, 1.807) is 0 Å². The summed E-state index contributed by atoms with van der Waals surface area (Å²) < 4.78 is 0. The fraction of sp³-hybridized carbons (Fsp3) is 0.778. The number of rotatable bonds is 0. The van der Waals surface area contributed by atoms with Gasteiger partial charge in [-0.15, -0.1) is 0 Å². The van der Waals surface area contributed by atoms with Crippen molar-refractivity contribution in [2.75, 3.05) is 0 Å². The molecule has 20 heavy (non-hydrogen) atoms. The molecule has 5 atom stereocenters. The van der Waals surface area contributed by atoms with Gasteiger partial charge in [0.15, 0.2) is 5.78 Å². The van der Waals surface area contributed by atoms with E-state index in [2.05, 4.69) is 6.92 Å². The summed E-state index contributed by atoms with van der Waals surface area (Å²) in [5, 5.41) is 0. The standard InChI is InChI=1S/C18H24O2/c1-18-9-8-14-13-5-3-12(19)10-11(13)2-4-15(14)16(18)6-7-17(18)20/h10,13-16H,2-9H2,1H3/t13-,14+,15+,16+,18+/m1/s1. The van der Waals surface area contributed by atoms with Crippen molar-refractivity contribution in [3.8, 4) is 0 Å². The first-order chi connectivity index (χ1) is 9.59. The summed E-state index contributed by atoms with van der Waals surface area (Å²) in [5.41, 5.74) is 1.43. The molecule has 0 amide bonds. The zero-order chi connectivity index (χ0) is 13.9. The Labute approximate surface area is 121 Å². The second-order valence-electron chi connectivity index (χ2n) is 7.72. The van der Waals surface area contributed by atoms with Crippen molar-refractivity contribution in [3.63, 3.8) is 0 Å². The van der Waals surface area contributed by atoms with Crippen LogP contribution in [0.2, 0.25) is 0 Å². The van der Waals surface area contributed by atoms with Gasteiger partial charge in [0.05, 0.1) is 0 Å². The summed E-state index contributed by atoms with van der Waals surface area (Å²) in [6.07, 6.45) is 10.3. The molecule has 0 N–H and O–H groups in total. The molecule has 0 heterocycles. The molecular formula is C18H24O2. The van der Waals surface area contributed by atoms with Crippen LogP contribution in [0.4, 0.5) is 0 Å². The lowest BCUT2D eigenvalue weighted by Gasteiger charge is -2.52. The fourth-order valence-corrected chi connectivity index (χ4v) is 5.95. The molecule has 2 heteroatoms. The highest BCUT2D eigenvalue weighted by molar-refractivity contribution is 5.91. The molecule has 108 valence electrons. The Morgan fingerprint density at radius 1 is 1.00 bits per heavy atom. The minimum atomic E-state index is -0.00707. The molecule has 4 rings (SSSR count). The predicted octanol–water partition coefficient (Wildman–Crippen LogP) is 3.70. The molecule has 0 bridgehead atoms. The van der Waals surface area contributed by atoms with Gasteiger partial charge in [-0.05, 0) is 68.3 Å². The summed E-state index contributed by atoms with van der Waals surface area (Å²) in [4.78, 5) is 23.9. The Hall–Kier alpha value is -0.920. The lowest BCUT2D eigenvalue weighted by atomic mass is 9.52. The van der Waals surface area contributed by atoms with E-state index in [1.165, 1.54) is 18.4 Å². The van der Waals surface area contributed by atoms with Crippen molar-refractivity contribution in [2.24, 2.45) is 29.1 Å². The third-order valence-electron chi connectivity index (χ3n) is 7.01. The molecule has 0 unspecified atom stereocenters. The molecule has 0 spiro atoms. The molecule has 3 fully saturated rings. The first kappa shape index (κ1) is 12.8. The molecule has 0 aromatic carbocycles. The Morgan fingerprint density at radius 2 is 1.85 bits per heavy atom. The van der Waals surface area contributed by atoms with Crippen molar-refractivity contribution in [3.05, 3.63) is 11.6 Å². The topological polar surface area (TPSA) is 34.1 Å². The van der Waals surface area contributed by atoms with E-state index in [0.29, 0.717) is 23.4 Å². The average molecular weight is 272 g/mol. The van der Waals surface area contributed by atoms with Crippen LogP contribution in [0.3, 0.4) is 0 Å². The summed E-state index contributed by atoms with van der Waals surface area (Å²) in [7, 11) is 0. The van der Waals surface area contributed by atoms with E-state index in [-0.39, 0.29) is 5.41 Å². The number of carbonyl (C=O) groups excluding carboxylic acids is 2. The van der Waals surface area contributed by atoms with Crippen molar-refractivity contribution in [1.29, 1.82) is 0 Å². The maximum Gasteiger partial charge on any atom is 0.155 e. The number of ketones is 2. The quantitative estimate of drug-likeness (QED) is 0.674. The average Bonchev–Trinajstić information content (AvgIpc) is 2.74. The van der Waals surface area contributed by atoms with Crippen molar-refractivity contribution >= 4 is 11.6 Å². The first-order valence-corrected chi connectivity index (χ1v) is 8.36. The number of Topliss-reactive ketones (excluding diaryl/α,β-unsaturated/α-hetero) is 1. The normalized spacial score (nSPS) is 47.4. The minimum absolute atomic E-state index is 0.00707. The van der Waals surface area contributed by atoms with Gasteiger partial charge < -0.3 is 0 Å². The first-order valence-electron chi connectivity index (χ1n) is 8.36. The maximum absolute atomic E-state index is 12.3. The molecular weight excluding hydrogens is 248 g/mol. The monoisotopic (exact) mass is 272 g/mol. The lowest BCUT2D eigenvalue weighted by molar-refractivity contribution is -0.131. The van der Waals surface area contributed by atoms with Gasteiger partial charge in [-0.25, -0.2) is 0 Å². The largest absolute Gasteiger partial charge is 0.299 e. The highest BCUT2D eigenvalue weighted by Gasteiger charge is 2.55. The Kier molecular flexibility index (Phi) is 2.74. The zero-order valence-corrected chi connectivity index (χ0v) is 12.4. The van der Waals surface area contributed by atoms with E-state index in [9.17, 15) is 9.59 Å². The Bertz CT molecular complexity index is 504. The third kappa shape index (κ3) is 1.63. The van der Waals surface area contributed by atoms with Gasteiger partial charge >= 0.3 is 0 Å². The van der Waals surface area contributed by atoms with Crippen molar-refractivity contribution in [2.45, 2.75) is 58.3 Å². The van der Waals surface area contributed by atoms with Crippen LogP contribution in [0.15, 0.2) is 11.6 Å². The fourth-order valence-electron chi connectivity index (χ4n) is 5.95. The van der Waals surface area contributed by atoms with Crippen molar-refractivity contribution < 1.29 is 9.59 Å². The predicted molar refractivity (Wildman–Crippen MR) is 77.1 cm³/mol. The van der Waals surface area contributed by atoms with Crippen LogP contribution in [0, 0.1) is 29.1 Å². The highest BCUT2D eigenvalue weighted by atomic mass is 16.1. The molecule has 4 aliphatic rings. The van der Waals surface area contributed by atoms with E-state index in [0.717, 1.165) is 50.4 Å². The third-order valence-corrected chi connectivity index (χ3v) is 7.01.